The molecule has 0 fully saturated rings. The monoisotopic (exact) mass is 195 g/mol. The predicted octanol–water partition coefficient (Wildman–Crippen LogP) is 0.585. The van der Waals surface area contributed by atoms with Gasteiger partial charge in [-0.05, 0) is 19.2 Å². The van der Waals surface area contributed by atoms with Crippen LogP contribution in [0, 0.1) is 0 Å². The summed E-state index contributed by atoms with van der Waals surface area (Å²) >= 11 is 0. The first-order chi connectivity index (χ1) is 6.77. The molecule has 0 unspecified atom stereocenters. The van der Waals surface area contributed by atoms with Crippen LogP contribution >= 0.6 is 0 Å². The van der Waals surface area contributed by atoms with Gasteiger partial charge in [-0.2, -0.15) is 0 Å². The van der Waals surface area contributed by atoms with E-state index >= 15 is 0 Å². The molecule has 78 valence electrons. The van der Waals surface area contributed by atoms with E-state index in [9.17, 15) is 4.79 Å². The Bertz CT molecular complexity index is 317. The summed E-state index contributed by atoms with van der Waals surface area (Å²) in [4.78, 5) is 17.2. The summed E-state index contributed by atoms with van der Waals surface area (Å²) in [6.45, 7) is 7.90. The fraction of sp³-hybridized carbons (Fsp3) is 0.600. The number of hydrogen-bond acceptors (Lipinski definition) is 3. The highest BCUT2D eigenvalue weighted by Gasteiger charge is 2.00. The van der Waals surface area contributed by atoms with E-state index in [1.54, 1.807) is 16.8 Å². The molecule has 0 aliphatic carbocycles. The van der Waals surface area contributed by atoms with Crippen LogP contribution in [0.5, 0.6) is 0 Å². The first kappa shape index (κ1) is 10.9. The maximum atomic E-state index is 11.2. The Kier molecular flexibility index (Phi) is 4.32. The number of rotatable bonds is 5. The minimum Gasteiger partial charge on any atom is -0.302 e. The normalized spacial score (nSPS) is 10.8. The average Bonchev–Trinajstić information content (AvgIpc) is 2.22. The maximum Gasteiger partial charge on any atom is 0.347 e. The second-order valence-electron chi connectivity index (χ2n) is 3.12. The van der Waals surface area contributed by atoms with E-state index in [2.05, 4.69) is 23.7 Å². The zero-order valence-electron chi connectivity index (χ0n) is 8.81. The number of nitrogens with zero attached hydrogens (tertiary/aromatic N) is 3. The molecule has 0 radical (unpaired) electrons. The summed E-state index contributed by atoms with van der Waals surface area (Å²) in [6, 6.07) is 1.78. The Morgan fingerprint density at radius 2 is 2.14 bits per heavy atom. The molecule has 1 rings (SSSR count). The van der Waals surface area contributed by atoms with E-state index in [0.29, 0.717) is 6.54 Å². The van der Waals surface area contributed by atoms with E-state index in [1.807, 2.05) is 0 Å². The van der Waals surface area contributed by atoms with Crippen LogP contribution in [0.1, 0.15) is 13.8 Å². The third kappa shape index (κ3) is 2.96. The van der Waals surface area contributed by atoms with E-state index < -0.39 is 0 Å². The summed E-state index contributed by atoms with van der Waals surface area (Å²) in [5, 5.41) is 0. The number of hydrogen-bond donors (Lipinski definition) is 0. The van der Waals surface area contributed by atoms with Crippen LogP contribution in [-0.4, -0.2) is 34.1 Å². The maximum absolute atomic E-state index is 11.2. The van der Waals surface area contributed by atoms with Gasteiger partial charge in [0.2, 0.25) is 0 Å². The minimum atomic E-state index is -0.167. The Balaban J connectivity index is 2.53. The van der Waals surface area contributed by atoms with Crippen LogP contribution in [-0.2, 0) is 6.54 Å². The van der Waals surface area contributed by atoms with Crippen LogP contribution in [0.15, 0.2) is 23.3 Å². The van der Waals surface area contributed by atoms with Crippen LogP contribution in [0.2, 0.25) is 0 Å². The standard InChI is InChI=1S/C10H17N3O/c1-3-12(4-2)8-9-13-7-5-6-11-10(13)14/h5-7H,3-4,8-9H2,1-2H3. The lowest BCUT2D eigenvalue weighted by Crippen LogP contribution is -2.31. The lowest BCUT2D eigenvalue weighted by atomic mass is 10.4. The highest BCUT2D eigenvalue weighted by molar-refractivity contribution is 4.80. The first-order valence-corrected chi connectivity index (χ1v) is 5.01. The van der Waals surface area contributed by atoms with Crippen molar-refractivity contribution in [3.8, 4) is 0 Å². The van der Waals surface area contributed by atoms with Crippen molar-refractivity contribution in [2.45, 2.75) is 20.4 Å². The molecule has 0 amide bonds. The van der Waals surface area contributed by atoms with E-state index in [-0.39, 0.29) is 5.69 Å². The molecule has 0 bridgehead atoms. The number of likely N-dealkylation sites (N-methyl/N-ethyl adjacent to an activating group) is 1. The van der Waals surface area contributed by atoms with Gasteiger partial charge in [-0.1, -0.05) is 13.8 Å². The van der Waals surface area contributed by atoms with Gasteiger partial charge in [0.25, 0.3) is 0 Å². The molecule has 0 spiro atoms. The van der Waals surface area contributed by atoms with Gasteiger partial charge in [-0.15, -0.1) is 0 Å². The highest BCUT2D eigenvalue weighted by Crippen LogP contribution is 1.88. The highest BCUT2D eigenvalue weighted by atomic mass is 16.1. The van der Waals surface area contributed by atoms with Crippen molar-refractivity contribution in [2.24, 2.45) is 0 Å². The molecule has 0 atom stereocenters. The van der Waals surface area contributed by atoms with Crippen molar-refractivity contribution in [3.63, 3.8) is 0 Å². The second kappa shape index (κ2) is 5.54. The molecule has 1 aromatic heterocycles. The number of aromatic nitrogens is 2. The Morgan fingerprint density at radius 1 is 1.43 bits per heavy atom. The molecule has 0 aromatic carbocycles. The van der Waals surface area contributed by atoms with Crippen molar-refractivity contribution in [1.82, 2.24) is 14.5 Å². The molecule has 14 heavy (non-hydrogen) atoms. The van der Waals surface area contributed by atoms with E-state index in [0.717, 1.165) is 19.6 Å². The predicted molar refractivity (Wildman–Crippen MR) is 56.3 cm³/mol. The molecule has 1 aromatic rings. The molecule has 0 saturated carbocycles. The van der Waals surface area contributed by atoms with Crippen molar-refractivity contribution in [2.75, 3.05) is 19.6 Å². The molecular formula is C10H17N3O. The molecule has 4 nitrogen and oxygen atoms in total. The fourth-order valence-electron chi connectivity index (χ4n) is 1.35. The van der Waals surface area contributed by atoms with Gasteiger partial charge < -0.3 is 4.90 Å². The quantitative estimate of drug-likeness (QED) is 0.690. The molecule has 0 N–H and O–H groups in total. The third-order valence-corrected chi connectivity index (χ3v) is 2.33. The average molecular weight is 195 g/mol. The lowest BCUT2D eigenvalue weighted by Gasteiger charge is -2.17. The van der Waals surface area contributed by atoms with Crippen molar-refractivity contribution < 1.29 is 0 Å². The van der Waals surface area contributed by atoms with E-state index in [4.69, 9.17) is 0 Å². The van der Waals surface area contributed by atoms with Crippen LogP contribution in [0.4, 0.5) is 0 Å². The van der Waals surface area contributed by atoms with Gasteiger partial charge in [0.1, 0.15) is 0 Å². The molecule has 0 aliphatic rings. The zero-order valence-corrected chi connectivity index (χ0v) is 8.81. The van der Waals surface area contributed by atoms with Crippen LogP contribution < -0.4 is 5.69 Å². The smallest absolute Gasteiger partial charge is 0.302 e. The summed E-state index contributed by atoms with van der Waals surface area (Å²) < 4.78 is 1.64. The van der Waals surface area contributed by atoms with Crippen LogP contribution in [0.25, 0.3) is 0 Å². The van der Waals surface area contributed by atoms with Crippen molar-refractivity contribution >= 4 is 0 Å². The fourth-order valence-corrected chi connectivity index (χ4v) is 1.35. The van der Waals surface area contributed by atoms with Crippen LogP contribution in [0.3, 0.4) is 0 Å². The van der Waals surface area contributed by atoms with Gasteiger partial charge in [0, 0.05) is 25.5 Å². The summed E-state index contributed by atoms with van der Waals surface area (Å²) in [5.41, 5.74) is -0.167. The van der Waals surface area contributed by atoms with Gasteiger partial charge in [-0.25, -0.2) is 9.78 Å². The lowest BCUT2D eigenvalue weighted by molar-refractivity contribution is 0.288. The first-order valence-electron chi connectivity index (χ1n) is 5.01. The zero-order chi connectivity index (χ0) is 10.4. The largest absolute Gasteiger partial charge is 0.347 e. The van der Waals surface area contributed by atoms with Gasteiger partial charge >= 0.3 is 5.69 Å². The summed E-state index contributed by atoms with van der Waals surface area (Å²) in [6.07, 6.45) is 3.30. The van der Waals surface area contributed by atoms with Crippen molar-refractivity contribution in [1.29, 1.82) is 0 Å². The minimum absolute atomic E-state index is 0.167. The second-order valence-corrected chi connectivity index (χ2v) is 3.12. The SMILES string of the molecule is CCN(CC)CCn1cccnc1=O. The van der Waals surface area contributed by atoms with Gasteiger partial charge in [0.05, 0.1) is 0 Å². The summed E-state index contributed by atoms with van der Waals surface area (Å²) in [7, 11) is 0. The Morgan fingerprint density at radius 3 is 2.71 bits per heavy atom. The molecule has 0 aliphatic heterocycles. The van der Waals surface area contributed by atoms with Crippen molar-refractivity contribution in [3.05, 3.63) is 28.9 Å². The third-order valence-electron chi connectivity index (χ3n) is 2.33. The Hall–Kier alpha value is -1.16. The topological polar surface area (TPSA) is 38.1 Å². The molecule has 0 saturated heterocycles. The summed E-state index contributed by atoms with van der Waals surface area (Å²) in [5.74, 6) is 0. The van der Waals surface area contributed by atoms with E-state index in [1.165, 1.54) is 6.20 Å². The Labute approximate surface area is 84.2 Å². The van der Waals surface area contributed by atoms with Gasteiger partial charge in [-0.3, -0.25) is 4.57 Å². The van der Waals surface area contributed by atoms with Gasteiger partial charge in [0.15, 0.2) is 0 Å². The molecule has 1 heterocycles. The molecular weight excluding hydrogens is 178 g/mol. The molecule has 4 heteroatoms.